The van der Waals surface area contributed by atoms with E-state index >= 15 is 0 Å². The SMILES string of the molecule is CCOc1ccc(/C=N\OCC(=O)Nc2cccc(F)c2)cc1. The molecule has 1 amide bonds. The average molecular weight is 316 g/mol. The first-order valence-electron chi connectivity index (χ1n) is 7.11. The van der Waals surface area contributed by atoms with Crippen molar-refractivity contribution >= 4 is 17.8 Å². The van der Waals surface area contributed by atoms with Gasteiger partial charge < -0.3 is 14.9 Å². The first-order chi connectivity index (χ1) is 11.2. The van der Waals surface area contributed by atoms with Crippen LogP contribution in [0.1, 0.15) is 12.5 Å². The first kappa shape index (κ1) is 16.5. The van der Waals surface area contributed by atoms with Gasteiger partial charge in [0.05, 0.1) is 12.8 Å². The Morgan fingerprint density at radius 3 is 2.74 bits per heavy atom. The Kier molecular flexibility index (Phi) is 6.11. The second-order valence-corrected chi connectivity index (χ2v) is 4.57. The van der Waals surface area contributed by atoms with Crippen LogP contribution in [0.15, 0.2) is 53.7 Å². The molecule has 0 spiro atoms. The summed E-state index contributed by atoms with van der Waals surface area (Å²) in [6.07, 6.45) is 1.49. The lowest BCUT2D eigenvalue weighted by molar-refractivity contribution is -0.120. The smallest absolute Gasteiger partial charge is 0.265 e. The summed E-state index contributed by atoms with van der Waals surface area (Å²) in [5.74, 6) is -0.0586. The Hall–Kier alpha value is -2.89. The Bertz CT molecular complexity index is 672. The van der Waals surface area contributed by atoms with Crippen LogP contribution in [-0.4, -0.2) is 25.3 Å². The van der Waals surface area contributed by atoms with E-state index in [-0.39, 0.29) is 6.61 Å². The van der Waals surface area contributed by atoms with Crippen LogP contribution in [-0.2, 0) is 9.63 Å². The van der Waals surface area contributed by atoms with Crippen LogP contribution >= 0.6 is 0 Å². The topological polar surface area (TPSA) is 59.9 Å². The summed E-state index contributed by atoms with van der Waals surface area (Å²) < 4.78 is 18.3. The van der Waals surface area contributed by atoms with Crippen molar-refractivity contribution < 1.29 is 18.8 Å². The van der Waals surface area contributed by atoms with Gasteiger partial charge in [0.1, 0.15) is 11.6 Å². The van der Waals surface area contributed by atoms with Gasteiger partial charge in [-0.1, -0.05) is 11.2 Å². The molecular weight excluding hydrogens is 299 g/mol. The molecule has 0 bridgehead atoms. The molecular formula is C17H17FN2O3. The molecule has 120 valence electrons. The van der Waals surface area contributed by atoms with Crippen LogP contribution in [0.25, 0.3) is 0 Å². The zero-order valence-corrected chi connectivity index (χ0v) is 12.7. The van der Waals surface area contributed by atoms with Gasteiger partial charge in [0.25, 0.3) is 5.91 Å². The van der Waals surface area contributed by atoms with Crippen LogP contribution in [0.3, 0.4) is 0 Å². The second kappa shape index (κ2) is 8.53. The number of nitrogens with one attached hydrogen (secondary N) is 1. The van der Waals surface area contributed by atoms with Gasteiger partial charge >= 0.3 is 0 Å². The first-order valence-corrected chi connectivity index (χ1v) is 7.11. The number of carbonyl (C=O) groups excluding carboxylic acids is 1. The molecule has 0 aliphatic rings. The van der Waals surface area contributed by atoms with Gasteiger partial charge in [-0.25, -0.2) is 4.39 Å². The molecule has 5 nitrogen and oxygen atoms in total. The highest BCUT2D eigenvalue weighted by atomic mass is 19.1. The number of rotatable bonds is 7. The molecule has 0 aromatic heterocycles. The van der Waals surface area contributed by atoms with Gasteiger partial charge in [-0.05, 0) is 55.0 Å². The van der Waals surface area contributed by atoms with E-state index in [2.05, 4.69) is 10.5 Å². The fourth-order valence-corrected chi connectivity index (χ4v) is 1.77. The molecule has 2 rings (SSSR count). The molecule has 0 aliphatic carbocycles. The lowest BCUT2D eigenvalue weighted by Crippen LogP contribution is -2.17. The highest BCUT2D eigenvalue weighted by Gasteiger charge is 2.03. The Morgan fingerprint density at radius 2 is 2.04 bits per heavy atom. The van der Waals surface area contributed by atoms with Crippen molar-refractivity contribution in [3.05, 3.63) is 59.9 Å². The summed E-state index contributed by atoms with van der Waals surface area (Å²) in [5, 5.41) is 6.22. The number of anilines is 1. The molecule has 0 saturated carbocycles. The molecule has 6 heteroatoms. The van der Waals surface area contributed by atoms with Crippen molar-refractivity contribution in [2.75, 3.05) is 18.5 Å². The lowest BCUT2D eigenvalue weighted by atomic mass is 10.2. The van der Waals surface area contributed by atoms with Crippen molar-refractivity contribution in [1.82, 2.24) is 0 Å². The van der Waals surface area contributed by atoms with Crippen molar-refractivity contribution in [2.45, 2.75) is 6.92 Å². The molecule has 0 saturated heterocycles. The normalized spacial score (nSPS) is 10.5. The third-order valence-electron chi connectivity index (χ3n) is 2.77. The number of halogens is 1. The number of ether oxygens (including phenoxy) is 1. The summed E-state index contributed by atoms with van der Waals surface area (Å²) >= 11 is 0. The predicted molar refractivity (Wildman–Crippen MR) is 86.2 cm³/mol. The van der Waals surface area contributed by atoms with Crippen LogP contribution < -0.4 is 10.1 Å². The fourth-order valence-electron chi connectivity index (χ4n) is 1.77. The zero-order valence-electron chi connectivity index (χ0n) is 12.7. The largest absolute Gasteiger partial charge is 0.494 e. The summed E-state index contributed by atoms with van der Waals surface area (Å²) in [5.41, 5.74) is 1.19. The van der Waals surface area contributed by atoms with Gasteiger partial charge in [0.2, 0.25) is 0 Å². The fraction of sp³-hybridized carbons (Fsp3) is 0.176. The minimum Gasteiger partial charge on any atom is -0.494 e. The maximum atomic E-state index is 13.0. The molecule has 2 aromatic carbocycles. The molecule has 0 heterocycles. The van der Waals surface area contributed by atoms with Gasteiger partial charge in [-0.3, -0.25) is 4.79 Å². The third kappa shape index (κ3) is 5.78. The van der Waals surface area contributed by atoms with Crippen molar-refractivity contribution in [2.24, 2.45) is 5.16 Å². The minimum atomic E-state index is -0.419. The summed E-state index contributed by atoms with van der Waals surface area (Å²) in [6.45, 7) is 2.26. The Labute approximate surface area is 133 Å². The van der Waals surface area contributed by atoms with Crippen LogP contribution in [0, 0.1) is 5.82 Å². The molecule has 0 radical (unpaired) electrons. The zero-order chi connectivity index (χ0) is 16.5. The molecule has 0 aliphatic heterocycles. The molecule has 2 aromatic rings. The van der Waals surface area contributed by atoms with Gasteiger partial charge in [-0.15, -0.1) is 0 Å². The molecule has 1 N–H and O–H groups in total. The number of nitrogens with zero attached hydrogens (tertiary/aromatic N) is 1. The summed E-state index contributed by atoms with van der Waals surface area (Å²) in [4.78, 5) is 16.5. The van der Waals surface area contributed by atoms with E-state index in [1.54, 1.807) is 6.07 Å². The predicted octanol–water partition coefficient (Wildman–Crippen LogP) is 3.21. The number of oxime groups is 1. The van der Waals surface area contributed by atoms with E-state index < -0.39 is 11.7 Å². The quantitative estimate of drug-likeness (QED) is 0.630. The monoisotopic (exact) mass is 316 g/mol. The van der Waals surface area contributed by atoms with E-state index in [0.29, 0.717) is 12.3 Å². The number of carbonyl (C=O) groups is 1. The standard InChI is InChI=1S/C17H17FN2O3/c1-2-22-16-8-6-13(7-9-16)11-19-23-12-17(21)20-15-5-3-4-14(18)10-15/h3-11H,2,12H2,1H3,(H,20,21)/b19-11-. The number of benzene rings is 2. The summed E-state index contributed by atoms with van der Waals surface area (Å²) in [6, 6.07) is 12.9. The third-order valence-corrected chi connectivity index (χ3v) is 2.77. The van der Waals surface area contributed by atoms with Gasteiger partial charge in [0, 0.05) is 5.69 Å². The van der Waals surface area contributed by atoms with Crippen LogP contribution in [0.5, 0.6) is 5.75 Å². The van der Waals surface area contributed by atoms with Gasteiger partial charge in [0.15, 0.2) is 6.61 Å². The Morgan fingerprint density at radius 1 is 1.26 bits per heavy atom. The van der Waals surface area contributed by atoms with Gasteiger partial charge in [-0.2, -0.15) is 0 Å². The maximum absolute atomic E-state index is 13.0. The van der Waals surface area contributed by atoms with Crippen molar-refractivity contribution in [1.29, 1.82) is 0 Å². The van der Waals surface area contributed by atoms with E-state index in [1.165, 1.54) is 24.4 Å². The maximum Gasteiger partial charge on any atom is 0.265 e. The number of amides is 1. The van der Waals surface area contributed by atoms with E-state index in [4.69, 9.17) is 9.57 Å². The van der Waals surface area contributed by atoms with Crippen molar-refractivity contribution in [3.63, 3.8) is 0 Å². The molecule has 0 unspecified atom stereocenters. The average Bonchev–Trinajstić information content (AvgIpc) is 2.53. The van der Waals surface area contributed by atoms with Crippen LogP contribution in [0.2, 0.25) is 0 Å². The highest BCUT2D eigenvalue weighted by molar-refractivity contribution is 5.91. The van der Waals surface area contributed by atoms with Crippen LogP contribution in [0.4, 0.5) is 10.1 Å². The number of hydrogen-bond donors (Lipinski definition) is 1. The van der Waals surface area contributed by atoms with Crippen molar-refractivity contribution in [3.8, 4) is 5.75 Å². The minimum absolute atomic E-state index is 0.260. The second-order valence-electron chi connectivity index (χ2n) is 4.57. The van der Waals surface area contributed by atoms with E-state index in [0.717, 1.165) is 11.3 Å². The summed E-state index contributed by atoms with van der Waals surface area (Å²) in [7, 11) is 0. The molecule has 0 atom stereocenters. The van der Waals surface area contributed by atoms with E-state index in [9.17, 15) is 9.18 Å². The number of hydrogen-bond acceptors (Lipinski definition) is 4. The molecule has 23 heavy (non-hydrogen) atoms. The van der Waals surface area contributed by atoms with E-state index in [1.807, 2.05) is 31.2 Å². The highest BCUT2D eigenvalue weighted by Crippen LogP contribution is 2.11. The Balaban J connectivity index is 1.76. The lowest BCUT2D eigenvalue weighted by Gasteiger charge is -2.04. The molecule has 0 fully saturated rings.